The molecule has 52 heavy (non-hydrogen) atoms. The molecule has 1 aliphatic carbocycles. The highest BCUT2D eigenvalue weighted by atomic mass is 32.2. The molecule has 5 atom stereocenters. The van der Waals surface area contributed by atoms with Crippen LogP contribution in [0.2, 0.25) is 0 Å². The second kappa shape index (κ2) is 16.3. The number of benzene rings is 1. The number of amides is 5. The Morgan fingerprint density at radius 1 is 1.08 bits per heavy atom. The molecule has 14 nitrogen and oxygen atoms in total. The van der Waals surface area contributed by atoms with Gasteiger partial charge in [0.2, 0.25) is 21.8 Å². The maximum atomic E-state index is 14.3. The van der Waals surface area contributed by atoms with Gasteiger partial charge in [-0.25, -0.2) is 18.0 Å². The topological polar surface area (TPSA) is 181 Å². The monoisotopic (exact) mass is 743 g/mol. The molecule has 0 spiro atoms. The van der Waals surface area contributed by atoms with Crippen molar-refractivity contribution in [2.24, 2.45) is 5.92 Å². The number of carbonyl (C=O) groups is 5. The SMILES string of the molecule is CCCCS(=O)(=O)NC(=O)[C@@]12C[C@H]1C=CCCCCC[C@H](NC(=O)OC(C)(C)C)C(=O)N1C[C@H](OC(=O)N3CCc4ccccc4C3)C[C@H]1C(=O)N2. The van der Waals surface area contributed by atoms with E-state index in [0.29, 0.717) is 45.2 Å². The van der Waals surface area contributed by atoms with Crippen LogP contribution < -0.4 is 15.4 Å². The summed E-state index contributed by atoms with van der Waals surface area (Å²) in [7, 11) is -3.95. The quantitative estimate of drug-likeness (QED) is 0.351. The first-order chi connectivity index (χ1) is 24.6. The summed E-state index contributed by atoms with van der Waals surface area (Å²) in [5.74, 6) is -2.73. The standard InChI is InChI=1S/C37H53N5O9S/c1-5-6-20-52(48,49)40-33(45)37-22-27(37)16-10-8-7-9-11-17-29(38-34(46)51-36(2,3)4)32(44)42-24-28(21-30(42)31(43)39-37)50-35(47)41-19-18-25-14-12-13-15-26(25)23-41/h10,12-16,27-30H,5-9,11,17-24H2,1-4H3,(H,38,46)(H,39,43)(H,40,45)/t27-,28-,29+,30+,37-/m1/s1. The van der Waals surface area contributed by atoms with E-state index in [0.717, 1.165) is 24.0 Å². The van der Waals surface area contributed by atoms with E-state index >= 15 is 0 Å². The summed E-state index contributed by atoms with van der Waals surface area (Å²) in [6.45, 7) is 7.68. The molecule has 1 aromatic carbocycles. The lowest BCUT2D eigenvalue weighted by atomic mass is 10.0. The van der Waals surface area contributed by atoms with Crippen molar-refractivity contribution in [2.45, 2.75) is 128 Å². The number of hydrogen-bond acceptors (Lipinski definition) is 9. The van der Waals surface area contributed by atoms with Crippen LogP contribution in [0.3, 0.4) is 0 Å². The van der Waals surface area contributed by atoms with E-state index in [4.69, 9.17) is 9.47 Å². The fraction of sp³-hybridized carbons (Fsp3) is 0.649. The van der Waals surface area contributed by atoms with Gasteiger partial charge in [-0.2, -0.15) is 0 Å². The third-order valence-corrected chi connectivity index (χ3v) is 11.3. The van der Waals surface area contributed by atoms with E-state index in [9.17, 15) is 32.4 Å². The molecular formula is C37H53N5O9S. The Labute approximate surface area is 306 Å². The number of allylic oxidation sites excluding steroid dienone is 1. The van der Waals surface area contributed by atoms with Crippen LogP contribution in [0, 0.1) is 5.92 Å². The number of nitrogens with one attached hydrogen (secondary N) is 3. The number of nitrogens with zero attached hydrogens (tertiary/aromatic N) is 2. The predicted molar refractivity (Wildman–Crippen MR) is 192 cm³/mol. The Balaban J connectivity index is 1.40. The molecule has 3 N–H and O–H groups in total. The number of ether oxygens (including phenoxy) is 2. The number of fused-ring (bicyclic) bond motifs is 3. The molecule has 3 aliphatic heterocycles. The van der Waals surface area contributed by atoms with E-state index in [1.54, 1.807) is 25.7 Å². The minimum absolute atomic E-state index is 0.0557. The molecule has 1 saturated heterocycles. The molecule has 1 saturated carbocycles. The largest absolute Gasteiger partial charge is 0.444 e. The number of rotatable bonds is 7. The van der Waals surface area contributed by atoms with E-state index in [2.05, 4.69) is 15.4 Å². The summed E-state index contributed by atoms with van der Waals surface area (Å²) in [5, 5.41) is 5.52. The van der Waals surface area contributed by atoms with Crippen molar-refractivity contribution >= 4 is 39.9 Å². The Morgan fingerprint density at radius 2 is 1.83 bits per heavy atom. The van der Waals surface area contributed by atoms with Crippen LogP contribution in [-0.4, -0.2) is 96.3 Å². The van der Waals surface area contributed by atoms with Crippen LogP contribution in [0.5, 0.6) is 0 Å². The summed E-state index contributed by atoms with van der Waals surface area (Å²) < 4.78 is 39.1. The van der Waals surface area contributed by atoms with Gasteiger partial charge < -0.3 is 29.9 Å². The van der Waals surface area contributed by atoms with Gasteiger partial charge in [0.1, 0.15) is 29.3 Å². The van der Waals surface area contributed by atoms with Crippen molar-refractivity contribution in [3.63, 3.8) is 0 Å². The lowest BCUT2D eigenvalue weighted by Gasteiger charge is -2.30. The number of alkyl carbamates (subject to hydrolysis) is 1. The zero-order valence-electron chi connectivity index (χ0n) is 30.6. The van der Waals surface area contributed by atoms with Gasteiger partial charge in [0.25, 0.3) is 5.91 Å². The summed E-state index contributed by atoms with van der Waals surface area (Å²) >= 11 is 0. The highest BCUT2D eigenvalue weighted by Gasteiger charge is 2.61. The first-order valence-electron chi connectivity index (χ1n) is 18.5. The fourth-order valence-electron chi connectivity index (χ4n) is 7.10. The molecule has 5 amide bonds. The molecule has 0 unspecified atom stereocenters. The minimum Gasteiger partial charge on any atom is -0.444 e. The van der Waals surface area contributed by atoms with Crippen LogP contribution in [0.4, 0.5) is 9.59 Å². The highest BCUT2D eigenvalue weighted by molar-refractivity contribution is 7.90. The Kier molecular flexibility index (Phi) is 12.2. The van der Waals surface area contributed by atoms with Crippen LogP contribution in [0.1, 0.15) is 96.6 Å². The van der Waals surface area contributed by atoms with E-state index in [1.165, 1.54) is 4.90 Å². The van der Waals surface area contributed by atoms with Gasteiger partial charge in [-0.3, -0.25) is 19.1 Å². The lowest BCUT2D eigenvalue weighted by molar-refractivity contribution is -0.141. The van der Waals surface area contributed by atoms with Crippen LogP contribution in [0.15, 0.2) is 36.4 Å². The first kappa shape index (κ1) is 39.1. The molecule has 0 aromatic heterocycles. The molecule has 5 rings (SSSR count). The summed E-state index contributed by atoms with van der Waals surface area (Å²) in [5.41, 5.74) is -0.174. The van der Waals surface area contributed by atoms with E-state index in [1.807, 2.05) is 43.3 Å². The molecule has 286 valence electrons. The lowest BCUT2D eigenvalue weighted by Crippen LogP contribution is -2.58. The molecule has 0 bridgehead atoms. The number of unbranched alkanes of at least 4 members (excludes halogenated alkanes) is 1. The zero-order chi connectivity index (χ0) is 37.7. The molecule has 4 aliphatic rings. The summed E-state index contributed by atoms with van der Waals surface area (Å²) in [4.78, 5) is 71.4. The smallest absolute Gasteiger partial charge is 0.410 e. The Hall–Kier alpha value is -4.14. The average molecular weight is 744 g/mol. The van der Waals surface area contributed by atoms with Crippen LogP contribution in [0.25, 0.3) is 0 Å². The Morgan fingerprint density at radius 3 is 2.56 bits per heavy atom. The van der Waals surface area contributed by atoms with Gasteiger partial charge >= 0.3 is 12.2 Å². The molecular weight excluding hydrogens is 690 g/mol. The van der Waals surface area contributed by atoms with Crippen LogP contribution >= 0.6 is 0 Å². The predicted octanol–water partition coefficient (Wildman–Crippen LogP) is 3.69. The maximum Gasteiger partial charge on any atom is 0.410 e. The zero-order valence-corrected chi connectivity index (χ0v) is 31.5. The second-order valence-corrected chi connectivity index (χ2v) is 17.2. The summed E-state index contributed by atoms with van der Waals surface area (Å²) in [6, 6.07) is 5.65. The van der Waals surface area contributed by atoms with Gasteiger partial charge in [-0.05, 0) is 70.4 Å². The van der Waals surface area contributed by atoms with Crippen molar-refractivity contribution in [1.29, 1.82) is 0 Å². The molecule has 3 heterocycles. The molecule has 0 radical (unpaired) electrons. The number of hydrogen-bond donors (Lipinski definition) is 3. The molecule has 1 aromatic rings. The summed E-state index contributed by atoms with van der Waals surface area (Å²) in [6.07, 6.45) is 6.42. The van der Waals surface area contributed by atoms with Gasteiger partial charge in [-0.1, -0.05) is 62.6 Å². The van der Waals surface area contributed by atoms with E-state index < -0.39 is 75.2 Å². The fourth-order valence-corrected chi connectivity index (χ4v) is 8.34. The van der Waals surface area contributed by atoms with Crippen molar-refractivity contribution in [3.05, 3.63) is 47.5 Å². The highest BCUT2D eigenvalue weighted by Crippen LogP contribution is 2.45. The van der Waals surface area contributed by atoms with Crippen molar-refractivity contribution in [1.82, 2.24) is 25.2 Å². The average Bonchev–Trinajstić information content (AvgIpc) is 3.61. The second-order valence-electron chi connectivity index (χ2n) is 15.3. The maximum absolute atomic E-state index is 14.3. The number of carbonyl (C=O) groups excluding carboxylic acids is 5. The third-order valence-electron chi connectivity index (χ3n) is 10.0. The van der Waals surface area contributed by atoms with Crippen LogP contribution in [-0.2, 0) is 46.8 Å². The van der Waals surface area contributed by atoms with Gasteiger partial charge in [0, 0.05) is 25.4 Å². The Bertz CT molecular complexity index is 1660. The normalized spacial score (nSPS) is 26.8. The third kappa shape index (κ3) is 9.84. The van der Waals surface area contributed by atoms with Gasteiger partial charge in [0.05, 0.1) is 12.3 Å². The first-order valence-corrected chi connectivity index (χ1v) is 20.1. The van der Waals surface area contributed by atoms with Crippen molar-refractivity contribution in [2.75, 3.05) is 18.8 Å². The molecule has 2 fully saturated rings. The van der Waals surface area contributed by atoms with Gasteiger partial charge in [-0.15, -0.1) is 0 Å². The van der Waals surface area contributed by atoms with Crippen molar-refractivity contribution in [3.8, 4) is 0 Å². The van der Waals surface area contributed by atoms with Gasteiger partial charge in [0.15, 0.2) is 0 Å². The molecule has 15 heteroatoms. The number of sulfonamides is 1. The van der Waals surface area contributed by atoms with E-state index in [-0.39, 0.29) is 31.6 Å². The minimum atomic E-state index is -3.95. The van der Waals surface area contributed by atoms with Crippen molar-refractivity contribution < 1.29 is 41.9 Å².